The summed E-state index contributed by atoms with van der Waals surface area (Å²) < 4.78 is 5.62. The molecule has 0 radical (unpaired) electrons. The van der Waals surface area contributed by atoms with Gasteiger partial charge in [-0.1, -0.05) is 35.5 Å². The smallest absolute Gasteiger partial charge is 0.439 e. The number of fused-ring (bicyclic) bond motifs is 3. The lowest BCUT2D eigenvalue weighted by atomic mass is 9.96. The maximum atomic E-state index is 12.9. The van der Waals surface area contributed by atoms with E-state index < -0.39 is 28.5 Å². The van der Waals surface area contributed by atoms with Crippen LogP contribution < -0.4 is 44.0 Å². The fourth-order valence-electron chi connectivity index (χ4n) is 6.39. The molecule has 18 heteroatoms. The highest BCUT2D eigenvalue weighted by atomic mass is 35.5. The van der Waals surface area contributed by atoms with Crippen LogP contribution in [0.25, 0.3) is 17.0 Å². The van der Waals surface area contributed by atoms with E-state index in [1.807, 2.05) is 23.1 Å². The number of benzene rings is 2. The summed E-state index contributed by atoms with van der Waals surface area (Å²) in [6.45, 7) is 1.82. The summed E-state index contributed by atoms with van der Waals surface area (Å²) in [6, 6.07) is 12.6. The predicted molar refractivity (Wildman–Crippen MR) is 188 cm³/mol. The summed E-state index contributed by atoms with van der Waals surface area (Å²) in [7, 11) is 0. The largest absolute Gasteiger partial charge is 0.477 e. The van der Waals surface area contributed by atoms with E-state index in [0.29, 0.717) is 49.6 Å². The zero-order chi connectivity index (χ0) is 35.3. The molecule has 8 rings (SSSR count). The molecule has 51 heavy (non-hydrogen) atoms. The fraction of sp³-hybridized carbons (Fsp3) is 0.212. The van der Waals surface area contributed by atoms with Gasteiger partial charge in [0.1, 0.15) is 17.1 Å². The minimum atomic E-state index is -1.26. The Hall–Kier alpha value is -6.33. The van der Waals surface area contributed by atoms with Gasteiger partial charge in [-0.2, -0.15) is 5.10 Å². The van der Waals surface area contributed by atoms with Crippen molar-refractivity contribution in [2.75, 3.05) is 22.9 Å². The first-order valence-electron chi connectivity index (χ1n) is 15.5. The van der Waals surface area contributed by atoms with Crippen LogP contribution in [0, 0.1) is 0 Å². The number of hydrogen-bond donors (Lipinski definition) is 6. The molecule has 0 fully saturated rings. The molecule has 9 N–H and O–H groups in total. The first-order chi connectivity index (χ1) is 24.0. The van der Waals surface area contributed by atoms with Crippen molar-refractivity contribution >= 4 is 47.0 Å². The van der Waals surface area contributed by atoms with E-state index >= 15 is 0 Å². The van der Waals surface area contributed by atoms with E-state index in [4.69, 9.17) is 17.2 Å². The van der Waals surface area contributed by atoms with Crippen molar-refractivity contribution in [3.8, 4) is 11.4 Å². The number of carbonyl (C=O) groups excluding carboxylic acids is 1. The molecule has 1 atom stereocenters. The van der Waals surface area contributed by atoms with Gasteiger partial charge in [0.15, 0.2) is 17.2 Å². The van der Waals surface area contributed by atoms with E-state index in [2.05, 4.69) is 42.2 Å². The molecule has 17 nitrogen and oxygen atoms in total. The molecule has 0 spiro atoms. The Labute approximate surface area is 293 Å². The molecule has 0 saturated heterocycles. The van der Waals surface area contributed by atoms with E-state index in [1.165, 1.54) is 11.8 Å². The number of halogens is 1. The number of hydrogen-bond acceptors (Lipinski definition) is 13. The lowest BCUT2D eigenvalue weighted by Gasteiger charge is -2.31. The minimum absolute atomic E-state index is 0. The zero-order valence-corrected chi connectivity index (χ0v) is 27.5. The number of carbonyl (C=O) groups is 2. The molecule has 2 aliphatic rings. The number of aromatic amines is 1. The van der Waals surface area contributed by atoms with Gasteiger partial charge in [0, 0.05) is 31.3 Å². The number of carboxylic acids is 1. The van der Waals surface area contributed by atoms with Crippen molar-refractivity contribution < 1.29 is 19.2 Å². The van der Waals surface area contributed by atoms with Crippen LogP contribution in [0.3, 0.4) is 0 Å². The van der Waals surface area contributed by atoms with E-state index in [9.17, 15) is 29.1 Å². The van der Waals surface area contributed by atoms with E-state index in [0.717, 1.165) is 39.3 Å². The molecule has 0 saturated carbocycles. The summed E-state index contributed by atoms with van der Waals surface area (Å²) >= 11 is 0. The lowest BCUT2D eigenvalue weighted by molar-refractivity contribution is 0.0687. The van der Waals surface area contributed by atoms with Crippen LogP contribution in [0.5, 0.6) is 0 Å². The number of nitrogens with two attached hydrogens (primary N) is 3. The molecule has 1 aliphatic heterocycles. The second kappa shape index (κ2) is 13.5. The van der Waals surface area contributed by atoms with Crippen LogP contribution >= 0.6 is 12.4 Å². The molecule has 262 valence electrons. The monoisotopic (exact) mass is 714 g/mol. The van der Waals surface area contributed by atoms with Crippen LogP contribution in [0.15, 0.2) is 67.6 Å². The Morgan fingerprint density at radius 3 is 2.53 bits per heavy atom. The van der Waals surface area contributed by atoms with Gasteiger partial charge < -0.3 is 32.5 Å². The van der Waals surface area contributed by atoms with Gasteiger partial charge in [-0.15, -0.1) is 12.4 Å². The SMILES string of the molecule is Cl.NCc1ccc2c(c1)CN(c1c(N)c(=O)c1=O)CC2.Nc1cnn2c(C(=O)O)cc(C(=O)N[C@H]3CCc4cc(-c5noc(=O)[nH]5)ccc43)nc12. The van der Waals surface area contributed by atoms with Crippen molar-refractivity contribution in [2.45, 2.75) is 38.4 Å². The Bertz CT molecular complexity index is 2460. The number of carboxylic acid groups (broad SMARTS) is 1. The third-order valence-corrected chi connectivity index (χ3v) is 8.95. The molecule has 3 aromatic carbocycles. The van der Waals surface area contributed by atoms with Gasteiger partial charge in [0.2, 0.25) is 0 Å². The highest BCUT2D eigenvalue weighted by molar-refractivity contribution is 5.97. The number of aryl methyl sites for hydroxylation is 1. The van der Waals surface area contributed by atoms with Crippen molar-refractivity contribution in [3.05, 3.63) is 119 Å². The third-order valence-electron chi connectivity index (χ3n) is 8.95. The number of anilines is 3. The molecule has 4 heterocycles. The number of nitrogens with one attached hydrogen (secondary N) is 2. The Balaban J connectivity index is 0.000000192. The second-order valence-corrected chi connectivity index (χ2v) is 12.0. The van der Waals surface area contributed by atoms with Crippen LogP contribution in [0.1, 0.15) is 61.3 Å². The molecule has 0 unspecified atom stereocenters. The molecule has 6 aromatic rings. The zero-order valence-electron chi connectivity index (χ0n) is 26.7. The fourth-order valence-corrected chi connectivity index (χ4v) is 6.39. The molecule has 3 aromatic heterocycles. The van der Waals surface area contributed by atoms with Crippen molar-refractivity contribution in [2.24, 2.45) is 5.73 Å². The number of rotatable bonds is 6. The average Bonchev–Trinajstić information content (AvgIpc) is 3.85. The quantitative estimate of drug-likeness (QED) is 0.132. The van der Waals surface area contributed by atoms with Gasteiger partial charge in [0.25, 0.3) is 16.8 Å². The number of aromatic nitrogens is 5. The maximum Gasteiger partial charge on any atom is 0.439 e. The van der Waals surface area contributed by atoms with Crippen LogP contribution in [-0.2, 0) is 25.9 Å². The highest BCUT2D eigenvalue weighted by Crippen LogP contribution is 2.34. The summed E-state index contributed by atoms with van der Waals surface area (Å²) in [5.74, 6) is -2.08. The average molecular weight is 715 g/mol. The summed E-state index contributed by atoms with van der Waals surface area (Å²) in [6.07, 6.45) is 3.49. The van der Waals surface area contributed by atoms with Crippen molar-refractivity contribution in [3.63, 3.8) is 0 Å². The van der Waals surface area contributed by atoms with Gasteiger partial charge in [-0.05, 0) is 53.1 Å². The molecule has 1 aliphatic carbocycles. The first kappa shape index (κ1) is 34.5. The van der Waals surface area contributed by atoms with Gasteiger partial charge in [0.05, 0.1) is 17.9 Å². The normalized spacial score (nSPS) is 14.7. The molecular formula is C33H31ClN10O7. The Kier molecular flexibility index (Phi) is 9.16. The van der Waals surface area contributed by atoms with Crippen LogP contribution in [-0.4, -0.2) is 48.3 Å². The van der Waals surface area contributed by atoms with Gasteiger partial charge in [-0.3, -0.25) is 23.9 Å². The third kappa shape index (κ3) is 6.30. The number of amides is 1. The second-order valence-electron chi connectivity index (χ2n) is 12.0. The number of aromatic carboxylic acids is 1. The van der Waals surface area contributed by atoms with Gasteiger partial charge in [-0.25, -0.2) is 19.1 Å². The molecule has 0 bridgehead atoms. The summed E-state index contributed by atoms with van der Waals surface area (Å²) in [4.78, 5) is 66.9. The summed E-state index contributed by atoms with van der Waals surface area (Å²) in [5, 5.41) is 19.9. The number of nitrogens with zero attached hydrogens (tertiary/aromatic N) is 5. The predicted octanol–water partition coefficient (Wildman–Crippen LogP) is 1.08. The van der Waals surface area contributed by atoms with Gasteiger partial charge >= 0.3 is 11.7 Å². The molecule has 1 amide bonds. The minimum Gasteiger partial charge on any atom is -0.477 e. The van der Waals surface area contributed by atoms with E-state index in [-0.39, 0.29) is 46.9 Å². The highest BCUT2D eigenvalue weighted by Gasteiger charge is 2.28. The van der Waals surface area contributed by atoms with Crippen molar-refractivity contribution in [1.82, 2.24) is 30.1 Å². The lowest BCUT2D eigenvalue weighted by Crippen LogP contribution is -2.44. The number of H-pyrrole nitrogens is 1. The maximum absolute atomic E-state index is 12.9. The number of nitrogen functional groups attached to an aromatic ring is 2. The topological polar surface area (TPSA) is 271 Å². The first-order valence-corrected chi connectivity index (χ1v) is 15.5. The van der Waals surface area contributed by atoms with E-state index in [1.54, 1.807) is 6.07 Å². The molecular weight excluding hydrogens is 684 g/mol. The standard InChI is InChI=1S/C19H15N7O5.C14H15N3O2.ClH/c20-11-7-21-26-14(18(28)29)6-13(22-16(11)26)17(27)23-12-4-2-8-5-9(1-3-10(8)12)15-24-19(30)31-25-15;15-6-8-1-2-9-3-4-17(7-10(9)5-8)12-11(16)13(18)14(12)19;/h1,3,5-7,12H,2,4,20H2,(H,23,27)(H,28,29)(H,24,25,30);1-2,5H,3-4,6-7,15-16H2;1H/t12-;;/m0../s1. The van der Waals surface area contributed by atoms with Crippen molar-refractivity contribution in [1.29, 1.82) is 0 Å². The Morgan fingerprint density at radius 1 is 1.02 bits per heavy atom. The Morgan fingerprint density at radius 2 is 1.82 bits per heavy atom. The van der Waals surface area contributed by atoms with Crippen LogP contribution in [0.2, 0.25) is 0 Å². The van der Waals surface area contributed by atoms with Crippen LogP contribution in [0.4, 0.5) is 17.1 Å². The summed E-state index contributed by atoms with van der Waals surface area (Å²) in [5.41, 5.74) is 22.6.